The summed E-state index contributed by atoms with van der Waals surface area (Å²) in [6.45, 7) is 27.1. The first-order valence-electron chi connectivity index (χ1n) is 11.4. The summed E-state index contributed by atoms with van der Waals surface area (Å²) in [6.07, 6.45) is 5.28. The highest BCUT2D eigenvalue weighted by Gasteiger charge is 2.38. The molecule has 0 aromatic carbocycles. The molecular formula is C24H48N2O2. The lowest BCUT2D eigenvalue weighted by Crippen LogP contribution is -2.45. The van der Waals surface area contributed by atoms with Crippen molar-refractivity contribution in [3.05, 3.63) is 0 Å². The third-order valence-electron chi connectivity index (χ3n) is 6.44. The van der Waals surface area contributed by atoms with Gasteiger partial charge in [0, 0.05) is 37.3 Å². The van der Waals surface area contributed by atoms with Gasteiger partial charge in [-0.05, 0) is 94.9 Å². The molecule has 28 heavy (non-hydrogen) atoms. The van der Waals surface area contributed by atoms with Gasteiger partial charge < -0.3 is 9.47 Å². The molecule has 0 radical (unpaired) electrons. The van der Waals surface area contributed by atoms with E-state index in [0.717, 1.165) is 51.9 Å². The number of ether oxygens (including phenoxy) is 2. The van der Waals surface area contributed by atoms with Crippen LogP contribution in [0.15, 0.2) is 0 Å². The second-order valence-electron chi connectivity index (χ2n) is 12.3. The van der Waals surface area contributed by atoms with Crippen molar-refractivity contribution in [1.82, 2.24) is 9.80 Å². The number of likely N-dealkylation sites (tertiary alicyclic amines) is 2. The summed E-state index contributed by atoms with van der Waals surface area (Å²) >= 11 is 0. The fraction of sp³-hybridized carbons (Fsp3) is 1.00. The lowest BCUT2D eigenvalue weighted by Gasteiger charge is -2.39. The summed E-state index contributed by atoms with van der Waals surface area (Å²) in [5, 5.41) is 0. The molecule has 2 rings (SSSR count). The predicted molar refractivity (Wildman–Crippen MR) is 119 cm³/mol. The van der Waals surface area contributed by atoms with E-state index in [9.17, 15) is 0 Å². The molecule has 166 valence electrons. The molecule has 2 atom stereocenters. The number of hydrogen-bond acceptors (Lipinski definition) is 4. The van der Waals surface area contributed by atoms with E-state index < -0.39 is 0 Å². The molecule has 0 spiro atoms. The van der Waals surface area contributed by atoms with Crippen LogP contribution in [-0.2, 0) is 9.47 Å². The Morgan fingerprint density at radius 2 is 1.18 bits per heavy atom. The van der Waals surface area contributed by atoms with E-state index in [0.29, 0.717) is 12.2 Å². The van der Waals surface area contributed by atoms with E-state index in [2.05, 4.69) is 79.0 Å². The Morgan fingerprint density at radius 3 is 1.68 bits per heavy atom. The van der Waals surface area contributed by atoms with Crippen LogP contribution in [-0.4, -0.2) is 70.5 Å². The van der Waals surface area contributed by atoms with Crippen LogP contribution in [0, 0.1) is 0 Å². The Bertz CT molecular complexity index is 502. The van der Waals surface area contributed by atoms with Gasteiger partial charge in [-0.2, -0.15) is 0 Å². The quantitative estimate of drug-likeness (QED) is 0.597. The van der Waals surface area contributed by atoms with E-state index in [1.807, 2.05) is 0 Å². The van der Waals surface area contributed by atoms with Crippen molar-refractivity contribution in [2.75, 3.05) is 26.2 Å². The monoisotopic (exact) mass is 396 g/mol. The van der Waals surface area contributed by atoms with Crippen molar-refractivity contribution in [2.45, 2.75) is 129 Å². The molecule has 0 aliphatic carbocycles. The molecule has 0 amide bonds. The maximum atomic E-state index is 6.58. The summed E-state index contributed by atoms with van der Waals surface area (Å²) in [4.78, 5) is 5.17. The molecule has 2 aliphatic heterocycles. The molecule has 0 bridgehead atoms. The van der Waals surface area contributed by atoms with Gasteiger partial charge in [0.1, 0.15) is 0 Å². The SMILES string of the molecule is CC(C)(C)O[C@H]1CCN(C(C)(C)CCC(C)(C)O[C@@H]2CCN(C(C)(C)C)C2)C1. The molecule has 4 nitrogen and oxygen atoms in total. The molecule has 2 saturated heterocycles. The van der Waals surface area contributed by atoms with Gasteiger partial charge in [-0.1, -0.05) is 0 Å². The first kappa shape index (κ1) is 24.1. The second-order valence-corrected chi connectivity index (χ2v) is 12.3. The fourth-order valence-electron chi connectivity index (χ4n) is 4.58. The largest absolute Gasteiger partial charge is 0.371 e. The van der Waals surface area contributed by atoms with Crippen LogP contribution in [0.25, 0.3) is 0 Å². The van der Waals surface area contributed by atoms with Crippen LogP contribution in [0.4, 0.5) is 0 Å². The standard InChI is InChI=1S/C24H48N2O2/c1-21(2,3)25-15-11-20(17-25)28-24(9,10)14-13-23(7,8)26-16-12-19(18-26)27-22(4,5)6/h19-20H,11-18H2,1-10H3/t19-,20+/m0/s1. The van der Waals surface area contributed by atoms with Crippen molar-refractivity contribution >= 4 is 0 Å². The minimum Gasteiger partial charge on any atom is -0.371 e. The van der Waals surface area contributed by atoms with Crippen LogP contribution in [0.3, 0.4) is 0 Å². The zero-order valence-corrected chi connectivity index (χ0v) is 20.5. The topological polar surface area (TPSA) is 24.9 Å². The Labute approximate surface area is 175 Å². The summed E-state index contributed by atoms with van der Waals surface area (Å²) in [5.41, 5.74) is 0.301. The molecular weight excluding hydrogens is 348 g/mol. The normalized spacial score (nSPS) is 26.4. The van der Waals surface area contributed by atoms with Gasteiger partial charge in [0.15, 0.2) is 0 Å². The van der Waals surface area contributed by atoms with Gasteiger partial charge in [-0.25, -0.2) is 0 Å². The van der Waals surface area contributed by atoms with Crippen LogP contribution < -0.4 is 0 Å². The van der Waals surface area contributed by atoms with Gasteiger partial charge >= 0.3 is 0 Å². The fourth-order valence-corrected chi connectivity index (χ4v) is 4.58. The third-order valence-corrected chi connectivity index (χ3v) is 6.44. The van der Waals surface area contributed by atoms with Gasteiger partial charge in [0.25, 0.3) is 0 Å². The lowest BCUT2D eigenvalue weighted by molar-refractivity contribution is -0.0809. The van der Waals surface area contributed by atoms with E-state index in [-0.39, 0.29) is 22.3 Å². The zero-order chi connectivity index (χ0) is 21.4. The van der Waals surface area contributed by atoms with Gasteiger partial charge in [0.2, 0.25) is 0 Å². The Hall–Kier alpha value is -0.160. The molecule has 0 saturated carbocycles. The van der Waals surface area contributed by atoms with Crippen LogP contribution in [0.1, 0.15) is 94.9 Å². The summed E-state index contributed by atoms with van der Waals surface area (Å²) in [7, 11) is 0. The smallest absolute Gasteiger partial charge is 0.0721 e. The average Bonchev–Trinajstić information content (AvgIpc) is 3.12. The minimum atomic E-state index is -0.0726. The molecule has 2 fully saturated rings. The summed E-state index contributed by atoms with van der Waals surface area (Å²) < 4.78 is 12.8. The summed E-state index contributed by atoms with van der Waals surface area (Å²) in [6, 6.07) is 0. The Kier molecular flexibility index (Phi) is 7.34. The second kappa shape index (κ2) is 8.53. The highest BCUT2D eigenvalue weighted by Crippen LogP contribution is 2.33. The first-order chi connectivity index (χ1) is 12.6. The highest BCUT2D eigenvalue weighted by atomic mass is 16.5. The maximum Gasteiger partial charge on any atom is 0.0721 e. The van der Waals surface area contributed by atoms with Crippen molar-refractivity contribution in [1.29, 1.82) is 0 Å². The van der Waals surface area contributed by atoms with Crippen LogP contribution in [0.5, 0.6) is 0 Å². The summed E-state index contributed by atoms with van der Waals surface area (Å²) in [5.74, 6) is 0. The predicted octanol–water partition coefficient (Wildman–Crippen LogP) is 5.10. The molecule has 4 heteroatoms. The highest BCUT2D eigenvalue weighted by molar-refractivity contribution is 4.92. The molecule has 0 aromatic heterocycles. The van der Waals surface area contributed by atoms with Crippen molar-refractivity contribution in [3.63, 3.8) is 0 Å². The van der Waals surface area contributed by atoms with Crippen molar-refractivity contribution < 1.29 is 9.47 Å². The Balaban J connectivity index is 1.81. The minimum absolute atomic E-state index is 0.0527. The van der Waals surface area contributed by atoms with Crippen LogP contribution in [0.2, 0.25) is 0 Å². The average molecular weight is 397 g/mol. The molecule has 0 aromatic rings. The van der Waals surface area contributed by atoms with Crippen LogP contribution >= 0.6 is 0 Å². The Morgan fingerprint density at radius 1 is 0.679 bits per heavy atom. The maximum absolute atomic E-state index is 6.58. The van der Waals surface area contributed by atoms with E-state index in [4.69, 9.17) is 9.47 Å². The van der Waals surface area contributed by atoms with E-state index in [1.54, 1.807) is 0 Å². The van der Waals surface area contributed by atoms with Gasteiger partial charge in [-0.3, -0.25) is 9.80 Å². The van der Waals surface area contributed by atoms with Gasteiger partial charge in [0.05, 0.1) is 23.4 Å². The molecule has 2 heterocycles. The first-order valence-corrected chi connectivity index (χ1v) is 11.4. The lowest BCUT2D eigenvalue weighted by atomic mass is 9.90. The van der Waals surface area contributed by atoms with E-state index >= 15 is 0 Å². The van der Waals surface area contributed by atoms with Crippen molar-refractivity contribution in [2.24, 2.45) is 0 Å². The number of rotatable bonds is 7. The molecule has 0 unspecified atom stereocenters. The molecule has 2 aliphatic rings. The van der Waals surface area contributed by atoms with Crippen molar-refractivity contribution in [3.8, 4) is 0 Å². The zero-order valence-electron chi connectivity index (χ0n) is 20.5. The number of nitrogens with zero attached hydrogens (tertiary/aromatic N) is 2. The number of hydrogen-bond donors (Lipinski definition) is 0. The third kappa shape index (κ3) is 7.27. The van der Waals surface area contributed by atoms with Gasteiger partial charge in [-0.15, -0.1) is 0 Å². The van der Waals surface area contributed by atoms with E-state index in [1.165, 1.54) is 0 Å². The molecule has 0 N–H and O–H groups in total.